The number of alkyl halides is 3. The standard InChI is InChI=1S/C15H16F3N3O/c1-3-8-20(10-15(16,17)18)14(22)9-21-11(2)19-12-6-4-5-7-13(12)21/h3-7H,1,8-10H2,2H3. The minimum Gasteiger partial charge on any atom is -0.328 e. The van der Waals surface area contributed by atoms with Gasteiger partial charge in [-0.15, -0.1) is 6.58 Å². The first-order valence-corrected chi connectivity index (χ1v) is 6.69. The van der Waals surface area contributed by atoms with E-state index in [-0.39, 0.29) is 13.1 Å². The summed E-state index contributed by atoms with van der Waals surface area (Å²) in [5.41, 5.74) is 1.43. The molecule has 0 aliphatic heterocycles. The van der Waals surface area contributed by atoms with Crippen molar-refractivity contribution >= 4 is 16.9 Å². The molecule has 0 bridgehead atoms. The summed E-state index contributed by atoms with van der Waals surface area (Å²) in [4.78, 5) is 17.2. The second-order valence-corrected chi connectivity index (χ2v) is 4.91. The SMILES string of the molecule is C=CCN(CC(F)(F)F)C(=O)Cn1c(C)nc2ccccc21. The van der Waals surface area contributed by atoms with Crippen molar-refractivity contribution in [1.82, 2.24) is 14.5 Å². The van der Waals surface area contributed by atoms with Crippen LogP contribution < -0.4 is 0 Å². The number of hydrogen-bond acceptors (Lipinski definition) is 2. The molecule has 7 heteroatoms. The van der Waals surface area contributed by atoms with Gasteiger partial charge in [0.25, 0.3) is 0 Å². The number of carbonyl (C=O) groups excluding carboxylic acids is 1. The molecule has 0 spiro atoms. The molecule has 22 heavy (non-hydrogen) atoms. The number of carbonyl (C=O) groups is 1. The largest absolute Gasteiger partial charge is 0.406 e. The average molecular weight is 311 g/mol. The van der Waals surface area contributed by atoms with E-state index in [4.69, 9.17) is 0 Å². The van der Waals surface area contributed by atoms with Crippen LogP contribution in [0.2, 0.25) is 0 Å². The number of rotatable bonds is 5. The van der Waals surface area contributed by atoms with Crippen LogP contribution in [-0.4, -0.2) is 39.6 Å². The predicted octanol–water partition coefficient (Wildman–Crippen LogP) is 2.92. The minimum atomic E-state index is -4.44. The van der Waals surface area contributed by atoms with Crippen molar-refractivity contribution < 1.29 is 18.0 Å². The second-order valence-electron chi connectivity index (χ2n) is 4.91. The number of benzene rings is 1. The van der Waals surface area contributed by atoms with Gasteiger partial charge in [0.15, 0.2) is 0 Å². The van der Waals surface area contributed by atoms with Gasteiger partial charge in [-0.25, -0.2) is 4.98 Å². The molecule has 0 aliphatic carbocycles. The summed E-state index contributed by atoms with van der Waals surface area (Å²) >= 11 is 0. The zero-order valence-corrected chi connectivity index (χ0v) is 12.1. The van der Waals surface area contributed by atoms with Crippen molar-refractivity contribution in [2.75, 3.05) is 13.1 Å². The van der Waals surface area contributed by atoms with E-state index in [0.29, 0.717) is 11.3 Å². The van der Waals surface area contributed by atoms with Gasteiger partial charge in [0, 0.05) is 6.54 Å². The Morgan fingerprint density at radius 2 is 2.09 bits per heavy atom. The highest BCUT2D eigenvalue weighted by Crippen LogP contribution is 2.19. The van der Waals surface area contributed by atoms with Crippen LogP contribution in [0.25, 0.3) is 11.0 Å². The van der Waals surface area contributed by atoms with E-state index in [1.807, 2.05) is 6.07 Å². The maximum Gasteiger partial charge on any atom is 0.406 e. The third-order valence-electron chi connectivity index (χ3n) is 3.21. The van der Waals surface area contributed by atoms with Crippen molar-refractivity contribution in [3.05, 3.63) is 42.7 Å². The second kappa shape index (κ2) is 6.21. The Hall–Kier alpha value is -2.31. The van der Waals surface area contributed by atoms with Crippen molar-refractivity contribution in [2.45, 2.75) is 19.6 Å². The van der Waals surface area contributed by atoms with Gasteiger partial charge in [-0.2, -0.15) is 13.2 Å². The molecule has 1 amide bonds. The molecular formula is C15H16F3N3O. The molecular weight excluding hydrogens is 295 g/mol. The highest BCUT2D eigenvalue weighted by atomic mass is 19.4. The van der Waals surface area contributed by atoms with Crippen LogP contribution in [0.3, 0.4) is 0 Å². The van der Waals surface area contributed by atoms with Crippen LogP contribution in [-0.2, 0) is 11.3 Å². The molecule has 2 rings (SSSR count). The molecule has 0 saturated heterocycles. The van der Waals surface area contributed by atoms with E-state index in [9.17, 15) is 18.0 Å². The molecule has 0 radical (unpaired) electrons. The fourth-order valence-corrected chi connectivity index (χ4v) is 2.26. The lowest BCUT2D eigenvalue weighted by Gasteiger charge is -2.23. The van der Waals surface area contributed by atoms with Crippen LogP contribution in [0.4, 0.5) is 13.2 Å². The summed E-state index contributed by atoms with van der Waals surface area (Å²) in [5, 5.41) is 0. The molecule has 1 aromatic carbocycles. The quantitative estimate of drug-likeness (QED) is 0.796. The number of halogens is 3. The van der Waals surface area contributed by atoms with Gasteiger partial charge >= 0.3 is 6.18 Å². The van der Waals surface area contributed by atoms with Crippen molar-refractivity contribution in [3.8, 4) is 0 Å². The number of amides is 1. The van der Waals surface area contributed by atoms with Gasteiger partial charge in [0.2, 0.25) is 5.91 Å². The van der Waals surface area contributed by atoms with Crippen LogP contribution in [0.15, 0.2) is 36.9 Å². The molecule has 1 heterocycles. The van der Waals surface area contributed by atoms with Crippen LogP contribution in [0, 0.1) is 6.92 Å². The van der Waals surface area contributed by atoms with E-state index in [1.165, 1.54) is 6.08 Å². The zero-order valence-electron chi connectivity index (χ0n) is 12.1. The first-order valence-electron chi connectivity index (χ1n) is 6.69. The number of aromatic nitrogens is 2. The topological polar surface area (TPSA) is 38.1 Å². The maximum absolute atomic E-state index is 12.6. The number of hydrogen-bond donors (Lipinski definition) is 0. The molecule has 0 aliphatic rings. The summed E-state index contributed by atoms with van der Waals surface area (Å²) in [6.07, 6.45) is -3.16. The fourth-order valence-electron chi connectivity index (χ4n) is 2.26. The monoisotopic (exact) mass is 311 g/mol. The molecule has 0 N–H and O–H groups in total. The molecule has 0 atom stereocenters. The summed E-state index contributed by atoms with van der Waals surface area (Å²) in [6.45, 7) is 3.49. The zero-order chi connectivity index (χ0) is 16.3. The third kappa shape index (κ3) is 3.66. The minimum absolute atomic E-state index is 0.149. The molecule has 2 aromatic rings. The third-order valence-corrected chi connectivity index (χ3v) is 3.21. The van der Waals surface area contributed by atoms with E-state index < -0.39 is 18.6 Å². The highest BCUT2D eigenvalue weighted by Gasteiger charge is 2.32. The molecule has 4 nitrogen and oxygen atoms in total. The first-order chi connectivity index (χ1) is 10.3. The number of nitrogens with zero attached hydrogens (tertiary/aromatic N) is 3. The number of para-hydroxylation sites is 2. The van der Waals surface area contributed by atoms with Crippen molar-refractivity contribution in [2.24, 2.45) is 0 Å². The van der Waals surface area contributed by atoms with Gasteiger partial charge in [0.1, 0.15) is 18.9 Å². The Kier molecular flexibility index (Phi) is 4.54. The van der Waals surface area contributed by atoms with E-state index >= 15 is 0 Å². The average Bonchev–Trinajstić information content (AvgIpc) is 2.73. The molecule has 1 aromatic heterocycles. The summed E-state index contributed by atoms with van der Waals surface area (Å²) in [5.74, 6) is -0.0383. The fraction of sp³-hybridized carbons (Fsp3) is 0.333. The van der Waals surface area contributed by atoms with Gasteiger partial charge in [-0.3, -0.25) is 4.79 Å². The van der Waals surface area contributed by atoms with Gasteiger partial charge in [-0.1, -0.05) is 18.2 Å². The number of fused-ring (bicyclic) bond motifs is 1. The van der Waals surface area contributed by atoms with Crippen LogP contribution >= 0.6 is 0 Å². The van der Waals surface area contributed by atoms with E-state index in [2.05, 4.69) is 11.6 Å². The van der Waals surface area contributed by atoms with E-state index in [0.717, 1.165) is 10.4 Å². The Morgan fingerprint density at radius 3 is 2.73 bits per heavy atom. The Bertz CT molecular complexity index is 691. The molecule has 0 fully saturated rings. The Labute approximate surface area is 125 Å². The predicted molar refractivity (Wildman–Crippen MR) is 77.3 cm³/mol. The lowest BCUT2D eigenvalue weighted by atomic mass is 10.3. The summed E-state index contributed by atoms with van der Waals surface area (Å²) < 4.78 is 39.3. The lowest BCUT2D eigenvalue weighted by Crippen LogP contribution is -2.40. The van der Waals surface area contributed by atoms with Crippen molar-refractivity contribution in [1.29, 1.82) is 0 Å². The molecule has 118 valence electrons. The summed E-state index contributed by atoms with van der Waals surface area (Å²) in [7, 11) is 0. The van der Waals surface area contributed by atoms with Crippen molar-refractivity contribution in [3.63, 3.8) is 0 Å². The Balaban J connectivity index is 2.24. The normalized spacial score (nSPS) is 11.6. The van der Waals surface area contributed by atoms with Gasteiger partial charge < -0.3 is 9.47 Å². The maximum atomic E-state index is 12.6. The van der Waals surface area contributed by atoms with Crippen LogP contribution in [0.1, 0.15) is 5.82 Å². The lowest BCUT2D eigenvalue weighted by molar-refractivity contribution is -0.160. The van der Waals surface area contributed by atoms with E-state index in [1.54, 1.807) is 29.7 Å². The molecule has 0 saturated carbocycles. The number of aryl methyl sites for hydroxylation is 1. The van der Waals surface area contributed by atoms with Gasteiger partial charge in [0.05, 0.1) is 11.0 Å². The van der Waals surface area contributed by atoms with Crippen LogP contribution in [0.5, 0.6) is 0 Å². The smallest absolute Gasteiger partial charge is 0.328 e. The highest BCUT2D eigenvalue weighted by molar-refractivity contribution is 5.81. The Morgan fingerprint density at radius 1 is 1.41 bits per heavy atom. The first kappa shape index (κ1) is 16.1. The van der Waals surface area contributed by atoms with Gasteiger partial charge in [-0.05, 0) is 19.1 Å². The molecule has 0 unspecified atom stereocenters. The number of imidazole rings is 1. The summed E-state index contributed by atoms with van der Waals surface area (Å²) in [6, 6.07) is 7.18.